The Morgan fingerprint density at radius 2 is 2.33 bits per heavy atom. The molecule has 0 aliphatic heterocycles. The molecule has 2 atom stereocenters. The molecule has 1 rings (SSSR count). The molecule has 1 aliphatic carbocycles. The molecule has 0 unspecified atom stereocenters. The van der Waals surface area contributed by atoms with Crippen LogP contribution in [0.15, 0.2) is 0 Å². The summed E-state index contributed by atoms with van der Waals surface area (Å²) >= 11 is 0. The molecule has 2 heteroatoms. The van der Waals surface area contributed by atoms with Crippen LogP contribution in [-0.2, 0) is 0 Å². The summed E-state index contributed by atoms with van der Waals surface area (Å²) in [4.78, 5) is 0. The third kappa shape index (κ3) is 1.25. The fourth-order valence-electron chi connectivity index (χ4n) is 1.51. The third-order valence-electron chi connectivity index (χ3n) is 2.34. The summed E-state index contributed by atoms with van der Waals surface area (Å²) in [5.41, 5.74) is -0.589. The first kappa shape index (κ1) is 7.03. The van der Waals surface area contributed by atoms with Gasteiger partial charge in [-0.2, -0.15) is 0 Å². The molecule has 0 aromatic heterocycles. The standard InChI is InChI=1S/C7H14O2/c1-7(9)4-2-3-6(7)5-8/h6,8-9H,2-5H2,1H3/t6-,7+/m1/s1. The maximum atomic E-state index is 9.49. The summed E-state index contributed by atoms with van der Waals surface area (Å²) in [6.07, 6.45) is 2.87. The van der Waals surface area contributed by atoms with Gasteiger partial charge in [0, 0.05) is 12.5 Å². The first-order valence-corrected chi connectivity index (χ1v) is 3.50. The van der Waals surface area contributed by atoms with Crippen LogP contribution in [0.3, 0.4) is 0 Å². The van der Waals surface area contributed by atoms with Crippen LogP contribution in [0, 0.1) is 5.92 Å². The molecule has 0 bridgehead atoms. The Kier molecular flexibility index (Phi) is 1.78. The summed E-state index contributed by atoms with van der Waals surface area (Å²) < 4.78 is 0. The van der Waals surface area contributed by atoms with E-state index in [0.29, 0.717) is 0 Å². The maximum absolute atomic E-state index is 9.49. The molecule has 1 aliphatic rings. The molecule has 1 fully saturated rings. The third-order valence-corrected chi connectivity index (χ3v) is 2.34. The van der Waals surface area contributed by atoms with E-state index >= 15 is 0 Å². The van der Waals surface area contributed by atoms with Crippen molar-refractivity contribution in [2.75, 3.05) is 6.61 Å². The molecule has 0 aromatic rings. The number of aliphatic hydroxyl groups excluding tert-OH is 1. The average molecular weight is 130 g/mol. The Morgan fingerprint density at radius 1 is 1.67 bits per heavy atom. The van der Waals surface area contributed by atoms with Gasteiger partial charge in [-0.25, -0.2) is 0 Å². The van der Waals surface area contributed by atoms with Crippen LogP contribution in [0.25, 0.3) is 0 Å². The smallest absolute Gasteiger partial charge is 0.0669 e. The van der Waals surface area contributed by atoms with E-state index < -0.39 is 5.60 Å². The molecule has 2 N–H and O–H groups in total. The van der Waals surface area contributed by atoms with Gasteiger partial charge in [0.25, 0.3) is 0 Å². The van der Waals surface area contributed by atoms with Gasteiger partial charge in [-0.15, -0.1) is 0 Å². The van der Waals surface area contributed by atoms with Crippen molar-refractivity contribution in [2.45, 2.75) is 31.8 Å². The van der Waals surface area contributed by atoms with Crippen LogP contribution in [0.2, 0.25) is 0 Å². The minimum Gasteiger partial charge on any atom is -0.396 e. The molecule has 0 amide bonds. The lowest BCUT2D eigenvalue weighted by Crippen LogP contribution is -2.30. The molecule has 0 spiro atoms. The largest absolute Gasteiger partial charge is 0.396 e. The second-order valence-corrected chi connectivity index (χ2v) is 3.13. The second kappa shape index (κ2) is 2.27. The van der Waals surface area contributed by atoms with E-state index in [2.05, 4.69) is 0 Å². The fourth-order valence-corrected chi connectivity index (χ4v) is 1.51. The van der Waals surface area contributed by atoms with Crippen LogP contribution in [0.4, 0.5) is 0 Å². The Balaban J connectivity index is 2.52. The molecule has 0 radical (unpaired) electrons. The highest BCUT2D eigenvalue weighted by Crippen LogP contribution is 2.34. The van der Waals surface area contributed by atoms with E-state index in [1.54, 1.807) is 6.92 Å². The van der Waals surface area contributed by atoms with Gasteiger partial charge in [0.05, 0.1) is 5.60 Å². The molecular weight excluding hydrogens is 116 g/mol. The van der Waals surface area contributed by atoms with Crippen molar-refractivity contribution in [1.82, 2.24) is 0 Å². The zero-order valence-corrected chi connectivity index (χ0v) is 5.80. The number of rotatable bonds is 1. The number of hydrogen-bond acceptors (Lipinski definition) is 2. The van der Waals surface area contributed by atoms with Crippen LogP contribution in [0.5, 0.6) is 0 Å². The van der Waals surface area contributed by atoms with E-state index in [-0.39, 0.29) is 12.5 Å². The van der Waals surface area contributed by atoms with Crippen LogP contribution < -0.4 is 0 Å². The SMILES string of the molecule is C[C@]1(O)CCC[C@@H]1CO. The first-order chi connectivity index (χ1) is 4.17. The summed E-state index contributed by atoms with van der Waals surface area (Å²) in [7, 11) is 0. The van der Waals surface area contributed by atoms with Gasteiger partial charge >= 0.3 is 0 Å². The monoisotopic (exact) mass is 130 g/mol. The quantitative estimate of drug-likeness (QED) is 0.543. The highest BCUT2D eigenvalue weighted by molar-refractivity contribution is 4.87. The maximum Gasteiger partial charge on any atom is 0.0669 e. The predicted molar refractivity (Wildman–Crippen MR) is 35.1 cm³/mol. The molecule has 0 saturated heterocycles. The Hall–Kier alpha value is -0.0800. The lowest BCUT2D eigenvalue weighted by molar-refractivity contribution is -0.00179. The minimum atomic E-state index is -0.589. The molecule has 9 heavy (non-hydrogen) atoms. The summed E-state index contributed by atoms with van der Waals surface area (Å²) in [6, 6.07) is 0. The van der Waals surface area contributed by atoms with Crippen LogP contribution in [0.1, 0.15) is 26.2 Å². The van der Waals surface area contributed by atoms with E-state index in [4.69, 9.17) is 5.11 Å². The lowest BCUT2D eigenvalue weighted by atomic mass is 9.94. The van der Waals surface area contributed by atoms with E-state index in [1.165, 1.54) is 0 Å². The van der Waals surface area contributed by atoms with Gasteiger partial charge in [-0.1, -0.05) is 6.42 Å². The first-order valence-electron chi connectivity index (χ1n) is 3.50. The van der Waals surface area contributed by atoms with Gasteiger partial charge in [0.15, 0.2) is 0 Å². The van der Waals surface area contributed by atoms with Crippen molar-refractivity contribution in [3.05, 3.63) is 0 Å². The molecule has 1 saturated carbocycles. The van der Waals surface area contributed by atoms with Crippen molar-refractivity contribution in [3.63, 3.8) is 0 Å². The Bertz CT molecular complexity index is 99.1. The van der Waals surface area contributed by atoms with Crippen LogP contribution >= 0.6 is 0 Å². The summed E-state index contributed by atoms with van der Waals surface area (Å²) in [5.74, 6) is 0.123. The Morgan fingerprint density at radius 3 is 2.56 bits per heavy atom. The molecule has 2 nitrogen and oxygen atoms in total. The van der Waals surface area contributed by atoms with Crippen molar-refractivity contribution >= 4 is 0 Å². The second-order valence-electron chi connectivity index (χ2n) is 3.13. The normalized spacial score (nSPS) is 43.7. The summed E-state index contributed by atoms with van der Waals surface area (Å²) in [6.45, 7) is 1.94. The number of hydrogen-bond donors (Lipinski definition) is 2. The molecule has 0 aromatic carbocycles. The van der Waals surface area contributed by atoms with Crippen molar-refractivity contribution in [1.29, 1.82) is 0 Å². The van der Waals surface area contributed by atoms with E-state index in [1.807, 2.05) is 0 Å². The van der Waals surface area contributed by atoms with Crippen molar-refractivity contribution in [3.8, 4) is 0 Å². The molecule has 54 valence electrons. The Labute approximate surface area is 55.5 Å². The fraction of sp³-hybridized carbons (Fsp3) is 1.00. The highest BCUT2D eigenvalue weighted by Gasteiger charge is 2.35. The summed E-state index contributed by atoms with van der Waals surface area (Å²) in [5, 5.41) is 18.2. The van der Waals surface area contributed by atoms with Gasteiger partial charge in [0.1, 0.15) is 0 Å². The molecule has 0 heterocycles. The van der Waals surface area contributed by atoms with Gasteiger partial charge < -0.3 is 10.2 Å². The van der Waals surface area contributed by atoms with Crippen molar-refractivity contribution in [2.24, 2.45) is 5.92 Å². The van der Waals surface area contributed by atoms with Gasteiger partial charge in [-0.05, 0) is 19.8 Å². The van der Waals surface area contributed by atoms with Crippen molar-refractivity contribution < 1.29 is 10.2 Å². The van der Waals surface area contributed by atoms with Gasteiger partial charge in [0.2, 0.25) is 0 Å². The molecular formula is C7H14O2. The predicted octanol–water partition coefficient (Wildman–Crippen LogP) is 0.530. The van der Waals surface area contributed by atoms with E-state index in [9.17, 15) is 5.11 Å². The topological polar surface area (TPSA) is 40.5 Å². The van der Waals surface area contributed by atoms with Crippen LogP contribution in [-0.4, -0.2) is 22.4 Å². The average Bonchev–Trinajstić information content (AvgIpc) is 2.08. The lowest BCUT2D eigenvalue weighted by Gasteiger charge is -2.22. The highest BCUT2D eigenvalue weighted by atomic mass is 16.3. The van der Waals surface area contributed by atoms with Gasteiger partial charge in [-0.3, -0.25) is 0 Å². The minimum absolute atomic E-state index is 0.123. The zero-order valence-electron chi connectivity index (χ0n) is 5.80. The zero-order chi connectivity index (χ0) is 6.91. The number of aliphatic hydroxyl groups is 2. The van der Waals surface area contributed by atoms with E-state index in [0.717, 1.165) is 19.3 Å².